The van der Waals surface area contributed by atoms with E-state index < -0.39 is 11.4 Å². The van der Waals surface area contributed by atoms with E-state index in [4.69, 9.17) is 28.9 Å². The summed E-state index contributed by atoms with van der Waals surface area (Å²) in [6.45, 7) is 0.518. The van der Waals surface area contributed by atoms with Crippen LogP contribution in [0, 0.1) is 0 Å². The lowest BCUT2D eigenvalue weighted by molar-refractivity contribution is -0.125. The van der Waals surface area contributed by atoms with E-state index in [0.29, 0.717) is 41.4 Å². The number of halogens is 2. The highest BCUT2D eigenvalue weighted by Crippen LogP contribution is 2.36. The number of primary amides is 1. The molecule has 0 saturated heterocycles. The Labute approximate surface area is 180 Å². The van der Waals surface area contributed by atoms with Crippen LogP contribution in [-0.2, 0) is 23.2 Å². The number of nitrogens with zero attached hydrogens (tertiary/aromatic N) is 2. The van der Waals surface area contributed by atoms with Crippen molar-refractivity contribution in [3.8, 4) is 0 Å². The van der Waals surface area contributed by atoms with Gasteiger partial charge in [-0.3, -0.25) is 20.1 Å². The van der Waals surface area contributed by atoms with E-state index >= 15 is 0 Å². The Bertz CT molecular complexity index is 954. The van der Waals surface area contributed by atoms with E-state index in [-0.39, 0.29) is 0 Å². The molecule has 5 nitrogen and oxygen atoms in total. The Morgan fingerprint density at radius 2 is 1.62 bits per heavy atom. The number of amides is 1. The van der Waals surface area contributed by atoms with Gasteiger partial charge in [0.2, 0.25) is 5.91 Å². The van der Waals surface area contributed by atoms with Gasteiger partial charge in [-0.15, -0.1) is 0 Å². The first-order valence-corrected chi connectivity index (χ1v) is 10.1. The molecule has 0 fully saturated rings. The molecule has 2 heterocycles. The van der Waals surface area contributed by atoms with Gasteiger partial charge in [0.15, 0.2) is 0 Å². The second kappa shape index (κ2) is 9.83. The van der Waals surface area contributed by atoms with Gasteiger partial charge in [-0.05, 0) is 48.6 Å². The van der Waals surface area contributed by atoms with Crippen molar-refractivity contribution in [2.24, 2.45) is 5.73 Å². The first-order chi connectivity index (χ1) is 14.0. The SMILES string of the molecule is NC(=O)C(CCc1cccnc1)(NCCc1cccnc1)c1cccc(Cl)c1Cl. The quantitative estimate of drug-likeness (QED) is 0.540. The number of aromatic nitrogens is 2. The third kappa shape index (κ3) is 5.12. The largest absolute Gasteiger partial charge is 0.368 e. The minimum absolute atomic E-state index is 0.327. The van der Waals surface area contributed by atoms with Crippen molar-refractivity contribution >= 4 is 29.1 Å². The molecule has 1 atom stereocenters. The average molecular weight is 429 g/mol. The Morgan fingerprint density at radius 1 is 0.966 bits per heavy atom. The lowest BCUT2D eigenvalue weighted by atomic mass is 9.83. The van der Waals surface area contributed by atoms with Gasteiger partial charge in [0, 0.05) is 36.9 Å². The van der Waals surface area contributed by atoms with Crippen LogP contribution >= 0.6 is 23.2 Å². The second-order valence-corrected chi connectivity index (χ2v) is 7.56. The number of aryl methyl sites for hydroxylation is 1. The number of carbonyl (C=O) groups is 1. The van der Waals surface area contributed by atoms with Crippen LogP contribution in [0.1, 0.15) is 23.1 Å². The standard InChI is InChI=1S/C22H22Cl2N4O/c23-19-7-1-6-18(20(19)24)22(21(25)29,10-8-16-4-2-11-26-14-16)28-13-9-17-5-3-12-27-15-17/h1-7,11-12,14-15,28H,8-10,13H2,(H2,25,29). The van der Waals surface area contributed by atoms with Gasteiger partial charge in [0.1, 0.15) is 5.54 Å². The zero-order valence-corrected chi connectivity index (χ0v) is 17.3. The van der Waals surface area contributed by atoms with Crippen LogP contribution in [-0.4, -0.2) is 22.4 Å². The summed E-state index contributed by atoms with van der Waals surface area (Å²) < 4.78 is 0. The molecule has 7 heteroatoms. The molecular weight excluding hydrogens is 407 g/mol. The molecule has 29 heavy (non-hydrogen) atoms. The van der Waals surface area contributed by atoms with E-state index in [1.807, 2.05) is 24.3 Å². The van der Waals surface area contributed by atoms with Crippen molar-refractivity contribution in [1.29, 1.82) is 0 Å². The van der Waals surface area contributed by atoms with Crippen molar-refractivity contribution in [2.75, 3.05) is 6.54 Å². The third-order valence-electron chi connectivity index (χ3n) is 4.91. The van der Waals surface area contributed by atoms with Crippen LogP contribution in [0.5, 0.6) is 0 Å². The number of hydrogen-bond donors (Lipinski definition) is 2. The van der Waals surface area contributed by atoms with Gasteiger partial charge < -0.3 is 5.73 Å². The summed E-state index contributed by atoms with van der Waals surface area (Å²) in [7, 11) is 0. The molecule has 0 aliphatic carbocycles. The summed E-state index contributed by atoms with van der Waals surface area (Å²) in [6.07, 6.45) is 8.72. The van der Waals surface area contributed by atoms with Gasteiger partial charge in [-0.25, -0.2) is 0 Å². The summed E-state index contributed by atoms with van der Waals surface area (Å²) in [6, 6.07) is 13.0. The number of nitrogens with one attached hydrogen (secondary N) is 1. The van der Waals surface area contributed by atoms with Crippen molar-refractivity contribution in [3.05, 3.63) is 94.0 Å². The first kappa shape index (κ1) is 21.2. The summed E-state index contributed by atoms with van der Waals surface area (Å²) in [5, 5.41) is 4.08. The number of pyridine rings is 2. The van der Waals surface area contributed by atoms with E-state index in [9.17, 15) is 4.79 Å². The lowest BCUT2D eigenvalue weighted by Crippen LogP contribution is -2.53. The van der Waals surface area contributed by atoms with Crippen LogP contribution in [0.15, 0.2) is 67.3 Å². The normalized spacial score (nSPS) is 13.0. The summed E-state index contributed by atoms with van der Waals surface area (Å²) in [4.78, 5) is 21.1. The zero-order valence-electron chi connectivity index (χ0n) is 15.8. The molecular formula is C22H22Cl2N4O. The number of benzene rings is 1. The maximum Gasteiger partial charge on any atom is 0.242 e. The highest BCUT2D eigenvalue weighted by Gasteiger charge is 2.39. The Kier molecular flexibility index (Phi) is 7.20. The van der Waals surface area contributed by atoms with Gasteiger partial charge in [0.25, 0.3) is 0 Å². The number of nitrogens with two attached hydrogens (primary N) is 1. The smallest absolute Gasteiger partial charge is 0.242 e. The summed E-state index contributed by atoms with van der Waals surface area (Å²) >= 11 is 12.7. The Balaban J connectivity index is 1.91. The molecule has 0 aliphatic heterocycles. The molecule has 2 aromatic heterocycles. The maximum atomic E-state index is 12.8. The zero-order chi connectivity index (χ0) is 20.7. The fourth-order valence-corrected chi connectivity index (χ4v) is 3.80. The molecule has 3 aromatic rings. The number of rotatable bonds is 9. The topological polar surface area (TPSA) is 80.9 Å². The van der Waals surface area contributed by atoms with Gasteiger partial charge in [-0.2, -0.15) is 0 Å². The highest BCUT2D eigenvalue weighted by molar-refractivity contribution is 6.42. The van der Waals surface area contributed by atoms with E-state index in [1.54, 1.807) is 43.0 Å². The number of carbonyl (C=O) groups excluding carboxylic acids is 1. The average Bonchev–Trinajstić information content (AvgIpc) is 2.74. The van der Waals surface area contributed by atoms with Crippen molar-refractivity contribution in [2.45, 2.75) is 24.8 Å². The Morgan fingerprint density at radius 3 is 2.21 bits per heavy atom. The molecule has 0 bridgehead atoms. The van der Waals surface area contributed by atoms with Crippen LogP contribution in [0.25, 0.3) is 0 Å². The second-order valence-electron chi connectivity index (χ2n) is 6.77. The minimum atomic E-state index is -1.17. The van der Waals surface area contributed by atoms with Gasteiger partial charge >= 0.3 is 0 Å². The summed E-state index contributed by atoms with van der Waals surface area (Å²) in [5.74, 6) is -0.503. The molecule has 0 saturated carbocycles. The van der Waals surface area contributed by atoms with E-state index in [2.05, 4.69) is 15.3 Å². The third-order valence-corrected chi connectivity index (χ3v) is 5.73. The lowest BCUT2D eigenvalue weighted by Gasteiger charge is -2.33. The van der Waals surface area contributed by atoms with Gasteiger partial charge in [0.05, 0.1) is 10.0 Å². The van der Waals surface area contributed by atoms with Crippen molar-refractivity contribution in [1.82, 2.24) is 15.3 Å². The molecule has 1 aromatic carbocycles. The molecule has 0 spiro atoms. The maximum absolute atomic E-state index is 12.8. The molecule has 3 N–H and O–H groups in total. The van der Waals surface area contributed by atoms with E-state index in [0.717, 1.165) is 11.1 Å². The highest BCUT2D eigenvalue weighted by atomic mass is 35.5. The van der Waals surface area contributed by atoms with Crippen LogP contribution < -0.4 is 11.1 Å². The number of hydrogen-bond acceptors (Lipinski definition) is 4. The molecule has 0 aliphatic rings. The molecule has 0 radical (unpaired) electrons. The van der Waals surface area contributed by atoms with Crippen molar-refractivity contribution in [3.63, 3.8) is 0 Å². The Hall–Kier alpha value is -2.47. The monoisotopic (exact) mass is 428 g/mol. The predicted octanol–water partition coefficient (Wildman–Crippen LogP) is 3.93. The fourth-order valence-electron chi connectivity index (χ4n) is 3.34. The summed E-state index contributed by atoms with van der Waals surface area (Å²) in [5.41, 5.74) is 7.41. The predicted molar refractivity (Wildman–Crippen MR) is 116 cm³/mol. The van der Waals surface area contributed by atoms with Crippen molar-refractivity contribution < 1.29 is 4.79 Å². The molecule has 150 valence electrons. The van der Waals surface area contributed by atoms with Crippen LogP contribution in [0.4, 0.5) is 0 Å². The molecule has 1 amide bonds. The fraction of sp³-hybridized carbons (Fsp3) is 0.227. The first-order valence-electron chi connectivity index (χ1n) is 9.30. The van der Waals surface area contributed by atoms with Gasteiger partial charge in [-0.1, -0.05) is 47.5 Å². The molecule has 1 unspecified atom stereocenters. The van der Waals surface area contributed by atoms with E-state index in [1.165, 1.54) is 0 Å². The molecule has 3 rings (SSSR count). The minimum Gasteiger partial charge on any atom is -0.368 e. The van der Waals surface area contributed by atoms with Crippen LogP contribution in [0.2, 0.25) is 10.0 Å². The van der Waals surface area contributed by atoms with Crippen LogP contribution in [0.3, 0.4) is 0 Å².